The second kappa shape index (κ2) is 11.1. The molecule has 4 rings (SSSR count). The van der Waals surface area contributed by atoms with Crippen molar-refractivity contribution in [3.8, 4) is 22.3 Å². The smallest absolute Gasteiger partial charge is 0.0426 e. The number of rotatable bonds is 4. The van der Waals surface area contributed by atoms with Crippen molar-refractivity contribution in [1.29, 1.82) is 0 Å². The summed E-state index contributed by atoms with van der Waals surface area (Å²) in [5.41, 5.74) is 3.80. The minimum Gasteiger partial charge on any atom is -0.0886 e. The number of benzene rings is 4. The Labute approximate surface area is 249 Å². The largest absolute Gasteiger partial charge is 0.0886 e. The van der Waals surface area contributed by atoms with E-state index in [4.69, 9.17) is 46.4 Å². The van der Waals surface area contributed by atoms with Crippen LogP contribution in [0.2, 0.25) is 20.1 Å². The van der Waals surface area contributed by atoms with Crippen LogP contribution in [-0.2, 0) is 0 Å². The maximum atomic E-state index is 6.32. The van der Waals surface area contributed by atoms with Gasteiger partial charge in [-0.2, -0.15) is 0 Å². The average molecular weight is 792 g/mol. The molecular weight excluding hydrogens is 782 g/mol. The van der Waals surface area contributed by atoms with Crippen LogP contribution in [0.25, 0.3) is 22.3 Å². The van der Waals surface area contributed by atoms with Crippen LogP contribution < -0.4 is 0 Å². The van der Waals surface area contributed by atoms with Gasteiger partial charge in [-0.3, -0.25) is 0 Å². The summed E-state index contributed by atoms with van der Waals surface area (Å²) >= 11 is 41.6. The molecule has 0 radical (unpaired) electrons. The highest BCUT2D eigenvalue weighted by Crippen LogP contribution is 2.48. The molecule has 0 aromatic heterocycles. The van der Waals surface area contributed by atoms with E-state index in [1.165, 1.54) is 0 Å². The lowest BCUT2D eigenvalue weighted by atomic mass is 10.1. The van der Waals surface area contributed by atoms with Gasteiger partial charge in [0.25, 0.3) is 0 Å². The van der Waals surface area contributed by atoms with Crippen molar-refractivity contribution in [2.24, 2.45) is 0 Å². The zero-order chi connectivity index (χ0) is 23.9. The van der Waals surface area contributed by atoms with Crippen molar-refractivity contribution in [3.05, 3.63) is 98.6 Å². The predicted molar refractivity (Wildman–Crippen MR) is 159 cm³/mol. The molecule has 0 heterocycles. The average Bonchev–Trinajstić information content (AvgIpc) is 2.65. The Kier molecular flexibility index (Phi) is 8.91. The zero-order valence-electron chi connectivity index (χ0n) is 16.2. The minimum atomic E-state index is 0.572. The Hall–Kier alpha value is 0.310. The van der Waals surface area contributed by atoms with Gasteiger partial charge in [0.1, 0.15) is 0 Å². The third kappa shape index (κ3) is 6.36. The summed E-state index contributed by atoms with van der Waals surface area (Å²) in [7, 11) is 0. The molecule has 9 heteroatoms. The summed E-state index contributed by atoms with van der Waals surface area (Å²) < 4.78 is 3.71. The van der Waals surface area contributed by atoms with Crippen molar-refractivity contribution in [1.82, 2.24) is 0 Å². The molecule has 0 bridgehead atoms. The maximum Gasteiger partial charge on any atom is 0.0426 e. The van der Waals surface area contributed by atoms with E-state index in [2.05, 4.69) is 75.9 Å². The first-order chi connectivity index (χ1) is 15.6. The Morgan fingerprint density at radius 3 is 1.12 bits per heavy atom. The molecule has 0 spiro atoms. The van der Waals surface area contributed by atoms with Crippen LogP contribution >= 0.6 is 122 Å². The molecule has 0 aliphatic carbocycles. The highest BCUT2D eigenvalue weighted by molar-refractivity contribution is 9.11. The summed E-state index contributed by atoms with van der Waals surface area (Å²) in [6.45, 7) is 0. The summed E-state index contributed by atoms with van der Waals surface area (Å²) in [5, 5.41) is 2.29. The van der Waals surface area contributed by atoms with Crippen molar-refractivity contribution in [2.75, 3.05) is 0 Å². The maximum absolute atomic E-state index is 6.32. The molecule has 0 atom stereocenters. The third-order valence-electron chi connectivity index (χ3n) is 4.56. The molecule has 0 aliphatic heterocycles. The normalized spacial score (nSPS) is 11.2. The van der Waals surface area contributed by atoms with Crippen LogP contribution in [0.4, 0.5) is 0 Å². The Bertz CT molecular complexity index is 1250. The van der Waals surface area contributed by atoms with Gasteiger partial charge in [0.15, 0.2) is 0 Å². The molecule has 0 nitrogen and oxygen atoms in total. The van der Waals surface area contributed by atoms with Gasteiger partial charge in [-0.15, -0.1) is 0 Å². The zero-order valence-corrected chi connectivity index (χ0v) is 26.4. The summed E-state index contributed by atoms with van der Waals surface area (Å²) in [4.78, 5) is 2.02. The lowest BCUT2D eigenvalue weighted by Crippen LogP contribution is -1.90. The molecule has 0 unspecified atom stereocenters. The van der Waals surface area contributed by atoms with E-state index in [-0.39, 0.29) is 0 Å². The van der Waals surface area contributed by atoms with Crippen molar-refractivity contribution in [3.63, 3.8) is 0 Å². The van der Waals surface area contributed by atoms with Crippen molar-refractivity contribution in [2.45, 2.75) is 9.79 Å². The second-order valence-corrected chi connectivity index (χ2v) is 13.3. The van der Waals surface area contributed by atoms with Gasteiger partial charge in [0, 0.05) is 58.9 Å². The van der Waals surface area contributed by atoms with E-state index >= 15 is 0 Å². The molecule has 0 N–H and O–H groups in total. The highest BCUT2D eigenvalue weighted by Gasteiger charge is 2.18. The molecule has 33 heavy (non-hydrogen) atoms. The van der Waals surface area contributed by atoms with E-state index < -0.39 is 0 Å². The SMILES string of the molecule is Clc1cc(Cl)cc(-c2c(Br)cc(Br)cc2Sc2cc(Br)cc(Br)c2-c2cc(Cl)cc(Cl)c2)c1. The fourth-order valence-electron chi connectivity index (χ4n) is 3.34. The van der Waals surface area contributed by atoms with Crippen LogP contribution in [0.5, 0.6) is 0 Å². The Morgan fingerprint density at radius 1 is 0.455 bits per heavy atom. The first-order valence-corrected chi connectivity index (χ1v) is 14.7. The van der Waals surface area contributed by atoms with Crippen LogP contribution in [0.1, 0.15) is 0 Å². The molecule has 168 valence electrons. The Morgan fingerprint density at radius 2 is 0.788 bits per heavy atom. The number of hydrogen-bond acceptors (Lipinski definition) is 1. The van der Waals surface area contributed by atoms with Gasteiger partial charge in [-0.1, -0.05) is 122 Å². The molecular formula is C24H10Br4Cl4S. The second-order valence-electron chi connectivity index (χ2n) is 6.94. The van der Waals surface area contributed by atoms with Gasteiger partial charge in [0.2, 0.25) is 0 Å². The lowest BCUT2D eigenvalue weighted by Gasteiger charge is -2.17. The van der Waals surface area contributed by atoms with Gasteiger partial charge >= 0.3 is 0 Å². The number of halogens is 8. The summed E-state index contributed by atoms with van der Waals surface area (Å²) in [6, 6.07) is 19.2. The van der Waals surface area contributed by atoms with Gasteiger partial charge in [-0.25, -0.2) is 0 Å². The molecule has 4 aromatic rings. The standard InChI is InChI=1S/C24H10Br4Cl4S/c25-13-5-19(27)23(11-1-15(29)9-16(30)2-11)21(7-13)33-22-8-14(26)6-20(28)24(22)12-3-17(31)10-18(32)4-12/h1-10H. The van der Waals surface area contributed by atoms with E-state index in [0.29, 0.717) is 20.1 Å². The van der Waals surface area contributed by atoms with Gasteiger partial charge < -0.3 is 0 Å². The van der Waals surface area contributed by atoms with Crippen molar-refractivity contribution < 1.29 is 0 Å². The van der Waals surface area contributed by atoms with E-state index in [1.807, 2.05) is 36.4 Å². The van der Waals surface area contributed by atoms with Gasteiger partial charge in [-0.05, 0) is 71.8 Å². The predicted octanol–water partition coefficient (Wildman–Crippen LogP) is 12.8. The van der Waals surface area contributed by atoms with Crippen LogP contribution in [0.3, 0.4) is 0 Å². The first-order valence-electron chi connectivity index (χ1n) is 9.19. The highest BCUT2D eigenvalue weighted by atomic mass is 79.9. The first kappa shape index (κ1) is 26.4. The van der Waals surface area contributed by atoms with Crippen molar-refractivity contribution >= 4 is 122 Å². The topological polar surface area (TPSA) is 0 Å². The lowest BCUT2D eigenvalue weighted by molar-refractivity contribution is 1.35. The molecule has 0 fully saturated rings. The monoisotopic (exact) mass is 786 g/mol. The minimum absolute atomic E-state index is 0.572. The molecule has 0 aliphatic rings. The summed E-state index contributed by atoms with van der Waals surface area (Å²) in [5.74, 6) is 0. The van der Waals surface area contributed by atoms with Crippen LogP contribution in [0.15, 0.2) is 88.3 Å². The molecule has 0 saturated heterocycles. The van der Waals surface area contributed by atoms with E-state index in [0.717, 1.165) is 49.9 Å². The molecule has 4 aromatic carbocycles. The van der Waals surface area contributed by atoms with Crippen LogP contribution in [0, 0.1) is 0 Å². The van der Waals surface area contributed by atoms with E-state index in [1.54, 1.807) is 23.9 Å². The van der Waals surface area contributed by atoms with Crippen LogP contribution in [-0.4, -0.2) is 0 Å². The Balaban J connectivity index is 1.94. The molecule has 0 amide bonds. The summed E-state index contributed by atoms with van der Waals surface area (Å²) in [6.07, 6.45) is 0. The fraction of sp³-hybridized carbons (Fsp3) is 0. The van der Waals surface area contributed by atoms with E-state index in [9.17, 15) is 0 Å². The quantitative estimate of drug-likeness (QED) is 0.198. The number of hydrogen-bond donors (Lipinski definition) is 0. The third-order valence-corrected chi connectivity index (χ3v) is 8.68. The van der Waals surface area contributed by atoms with Gasteiger partial charge in [0.05, 0.1) is 0 Å². The molecule has 0 saturated carbocycles. The fourth-order valence-corrected chi connectivity index (χ4v) is 9.13.